The Balaban J connectivity index is 0.00000392. The molecule has 28 heavy (non-hydrogen) atoms. The molecule has 0 spiro atoms. The van der Waals surface area contributed by atoms with E-state index < -0.39 is 0 Å². The van der Waals surface area contributed by atoms with Gasteiger partial charge in [0.15, 0.2) is 17.5 Å². The molecule has 5 nitrogen and oxygen atoms in total. The number of rotatable bonds is 8. The van der Waals surface area contributed by atoms with Gasteiger partial charge in [0.05, 0.1) is 13.2 Å². The van der Waals surface area contributed by atoms with Crippen LogP contribution in [0.5, 0.6) is 11.5 Å². The molecule has 0 saturated carbocycles. The standard InChI is InChI=1S/C21H26FN3O2.HI/c1-5-12-27-19-9-7-6-8-17(19)14-24-21(23-3)25-15(2)16-10-11-20(26-4)18(22)13-16;/h5-11,13,15H,1,12,14H2,2-4H3,(H2,23,24,25);1H. The zero-order valence-electron chi connectivity index (χ0n) is 16.4. The molecule has 0 radical (unpaired) electrons. The SMILES string of the molecule is C=CCOc1ccccc1CNC(=NC)NC(C)c1ccc(OC)c(F)c1.I. The van der Waals surface area contributed by atoms with Gasteiger partial charge in [-0.2, -0.15) is 0 Å². The van der Waals surface area contributed by atoms with Gasteiger partial charge in [0.25, 0.3) is 0 Å². The Morgan fingerprint density at radius 2 is 2.00 bits per heavy atom. The minimum absolute atomic E-state index is 0. The first-order valence-electron chi connectivity index (χ1n) is 8.71. The molecule has 0 heterocycles. The van der Waals surface area contributed by atoms with Crippen molar-refractivity contribution >= 4 is 29.9 Å². The van der Waals surface area contributed by atoms with Crippen LogP contribution < -0.4 is 20.1 Å². The van der Waals surface area contributed by atoms with Gasteiger partial charge in [-0.3, -0.25) is 4.99 Å². The molecule has 0 saturated heterocycles. The fourth-order valence-corrected chi connectivity index (χ4v) is 2.55. The van der Waals surface area contributed by atoms with Gasteiger partial charge in [-0.05, 0) is 30.7 Å². The van der Waals surface area contributed by atoms with Crippen molar-refractivity contribution in [2.75, 3.05) is 20.8 Å². The molecule has 0 aromatic heterocycles. The van der Waals surface area contributed by atoms with Gasteiger partial charge in [0.1, 0.15) is 12.4 Å². The zero-order valence-corrected chi connectivity index (χ0v) is 18.7. The van der Waals surface area contributed by atoms with E-state index in [1.807, 2.05) is 37.3 Å². The van der Waals surface area contributed by atoms with Crippen LogP contribution in [0.4, 0.5) is 4.39 Å². The quantitative estimate of drug-likeness (QED) is 0.244. The predicted octanol–water partition coefficient (Wildman–Crippen LogP) is 4.44. The predicted molar refractivity (Wildman–Crippen MR) is 122 cm³/mol. The highest BCUT2D eigenvalue weighted by Crippen LogP contribution is 2.22. The maximum absolute atomic E-state index is 13.9. The monoisotopic (exact) mass is 499 g/mol. The fraction of sp³-hybridized carbons (Fsp3) is 0.286. The number of methoxy groups -OCH3 is 1. The molecule has 0 bridgehead atoms. The molecule has 0 amide bonds. The Bertz CT molecular complexity index is 799. The highest BCUT2D eigenvalue weighted by Gasteiger charge is 2.12. The zero-order chi connectivity index (χ0) is 19.6. The van der Waals surface area contributed by atoms with Crippen LogP contribution in [0.15, 0.2) is 60.1 Å². The molecule has 0 aliphatic carbocycles. The average Bonchev–Trinajstić information content (AvgIpc) is 2.69. The van der Waals surface area contributed by atoms with Crippen molar-refractivity contribution in [3.05, 3.63) is 72.1 Å². The number of ether oxygens (including phenoxy) is 2. The molecule has 1 atom stereocenters. The smallest absolute Gasteiger partial charge is 0.191 e. The van der Waals surface area contributed by atoms with Crippen molar-refractivity contribution in [1.29, 1.82) is 0 Å². The molecule has 7 heteroatoms. The molecule has 2 rings (SSSR count). The summed E-state index contributed by atoms with van der Waals surface area (Å²) < 4.78 is 24.6. The second-order valence-electron chi connectivity index (χ2n) is 5.89. The third kappa shape index (κ3) is 6.70. The van der Waals surface area contributed by atoms with Crippen molar-refractivity contribution in [3.8, 4) is 11.5 Å². The first kappa shape index (κ1) is 23.7. The van der Waals surface area contributed by atoms with Gasteiger partial charge in [0, 0.05) is 19.2 Å². The number of nitrogens with zero attached hydrogens (tertiary/aromatic N) is 1. The van der Waals surface area contributed by atoms with Gasteiger partial charge in [-0.25, -0.2) is 4.39 Å². The summed E-state index contributed by atoms with van der Waals surface area (Å²) in [5.41, 5.74) is 1.80. The molecule has 0 aliphatic heterocycles. The van der Waals surface area contributed by atoms with E-state index in [9.17, 15) is 4.39 Å². The van der Waals surface area contributed by atoms with E-state index in [2.05, 4.69) is 22.2 Å². The third-order valence-electron chi connectivity index (χ3n) is 4.03. The maximum Gasteiger partial charge on any atom is 0.191 e. The largest absolute Gasteiger partial charge is 0.494 e. The van der Waals surface area contributed by atoms with Crippen molar-refractivity contribution in [1.82, 2.24) is 10.6 Å². The normalized spacial score (nSPS) is 11.8. The summed E-state index contributed by atoms with van der Waals surface area (Å²) in [5, 5.41) is 6.51. The van der Waals surface area contributed by atoms with E-state index >= 15 is 0 Å². The summed E-state index contributed by atoms with van der Waals surface area (Å²) >= 11 is 0. The Morgan fingerprint density at radius 1 is 1.25 bits per heavy atom. The van der Waals surface area contributed by atoms with Crippen molar-refractivity contribution < 1.29 is 13.9 Å². The summed E-state index contributed by atoms with van der Waals surface area (Å²) in [6, 6.07) is 12.6. The molecule has 0 fully saturated rings. The van der Waals surface area contributed by atoms with Crippen molar-refractivity contribution in [2.45, 2.75) is 19.5 Å². The van der Waals surface area contributed by atoms with Crippen LogP contribution in [0.1, 0.15) is 24.1 Å². The number of hydrogen-bond acceptors (Lipinski definition) is 3. The number of halogens is 2. The minimum atomic E-state index is -0.389. The number of aliphatic imine (C=N–C) groups is 1. The van der Waals surface area contributed by atoms with Gasteiger partial charge in [-0.1, -0.05) is 36.9 Å². The van der Waals surface area contributed by atoms with Crippen LogP contribution in [-0.4, -0.2) is 26.7 Å². The summed E-state index contributed by atoms with van der Waals surface area (Å²) in [4.78, 5) is 4.24. The summed E-state index contributed by atoms with van der Waals surface area (Å²) in [6.07, 6.45) is 1.71. The van der Waals surface area contributed by atoms with E-state index in [4.69, 9.17) is 9.47 Å². The third-order valence-corrected chi connectivity index (χ3v) is 4.03. The molecule has 2 N–H and O–H groups in total. The average molecular weight is 499 g/mol. The van der Waals surface area contributed by atoms with Crippen LogP contribution in [0, 0.1) is 5.82 Å². The number of para-hydroxylation sites is 1. The van der Waals surface area contributed by atoms with Gasteiger partial charge in [-0.15, -0.1) is 24.0 Å². The lowest BCUT2D eigenvalue weighted by atomic mass is 10.1. The summed E-state index contributed by atoms with van der Waals surface area (Å²) in [5.74, 6) is 1.24. The highest BCUT2D eigenvalue weighted by atomic mass is 127. The second kappa shape index (κ2) is 12.2. The molecule has 0 aliphatic rings. The Hall–Kier alpha value is -2.29. The van der Waals surface area contributed by atoms with Crippen LogP contribution in [0.3, 0.4) is 0 Å². The van der Waals surface area contributed by atoms with Crippen molar-refractivity contribution in [3.63, 3.8) is 0 Å². The maximum atomic E-state index is 13.9. The van der Waals surface area contributed by atoms with E-state index in [-0.39, 0.29) is 41.6 Å². The lowest BCUT2D eigenvalue weighted by Crippen LogP contribution is -2.38. The summed E-state index contributed by atoms with van der Waals surface area (Å²) in [6.45, 7) is 6.59. The van der Waals surface area contributed by atoms with E-state index in [0.717, 1.165) is 16.9 Å². The number of nitrogens with one attached hydrogen (secondary N) is 2. The van der Waals surface area contributed by atoms with Crippen LogP contribution in [0.2, 0.25) is 0 Å². The lowest BCUT2D eigenvalue weighted by Gasteiger charge is -2.19. The second-order valence-corrected chi connectivity index (χ2v) is 5.89. The lowest BCUT2D eigenvalue weighted by molar-refractivity contribution is 0.358. The molecular formula is C21H27FIN3O2. The number of guanidine groups is 1. The Kier molecular flexibility index (Phi) is 10.4. The topological polar surface area (TPSA) is 54.9 Å². The highest BCUT2D eigenvalue weighted by molar-refractivity contribution is 14.0. The summed E-state index contributed by atoms with van der Waals surface area (Å²) in [7, 11) is 3.14. The van der Waals surface area contributed by atoms with Crippen molar-refractivity contribution in [2.24, 2.45) is 4.99 Å². The molecular weight excluding hydrogens is 472 g/mol. The Morgan fingerprint density at radius 3 is 2.64 bits per heavy atom. The first-order chi connectivity index (χ1) is 13.1. The fourth-order valence-electron chi connectivity index (χ4n) is 2.55. The van der Waals surface area contributed by atoms with Crippen LogP contribution in [-0.2, 0) is 6.54 Å². The first-order valence-corrected chi connectivity index (χ1v) is 8.71. The molecule has 2 aromatic rings. The molecule has 1 unspecified atom stereocenters. The van der Waals surface area contributed by atoms with E-state index in [1.165, 1.54) is 13.2 Å². The Labute approximate surface area is 183 Å². The van der Waals surface area contributed by atoms with E-state index in [1.54, 1.807) is 19.2 Å². The van der Waals surface area contributed by atoms with Gasteiger partial charge >= 0.3 is 0 Å². The molecule has 2 aromatic carbocycles. The number of benzene rings is 2. The van der Waals surface area contributed by atoms with Crippen LogP contribution in [0.25, 0.3) is 0 Å². The number of hydrogen-bond donors (Lipinski definition) is 2. The van der Waals surface area contributed by atoms with E-state index in [0.29, 0.717) is 19.1 Å². The minimum Gasteiger partial charge on any atom is -0.494 e. The van der Waals surface area contributed by atoms with Gasteiger partial charge in [0.2, 0.25) is 0 Å². The van der Waals surface area contributed by atoms with Crippen LogP contribution >= 0.6 is 24.0 Å². The van der Waals surface area contributed by atoms with Gasteiger partial charge < -0.3 is 20.1 Å². The molecule has 152 valence electrons.